The fraction of sp³-hybridized carbons (Fsp3) is 0.120. The molecular formula is C25H18F3NO5. The van der Waals surface area contributed by atoms with Crippen molar-refractivity contribution >= 4 is 5.97 Å². The average molecular weight is 469 g/mol. The van der Waals surface area contributed by atoms with Crippen molar-refractivity contribution in [2.45, 2.75) is 19.7 Å². The summed E-state index contributed by atoms with van der Waals surface area (Å²) >= 11 is 0. The number of carboxylic acid groups (broad SMARTS) is 1. The van der Waals surface area contributed by atoms with Crippen molar-refractivity contribution in [1.82, 2.24) is 4.98 Å². The molecule has 1 aromatic heterocycles. The van der Waals surface area contributed by atoms with Crippen LogP contribution < -0.4 is 9.47 Å². The molecule has 1 heterocycles. The van der Waals surface area contributed by atoms with Crippen LogP contribution in [0.2, 0.25) is 0 Å². The maximum atomic E-state index is 12.8. The quantitative estimate of drug-likeness (QED) is 0.323. The third kappa shape index (κ3) is 5.37. The number of aryl methyl sites for hydroxylation is 1. The van der Waals surface area contributed by atoms with Crippen LogP contribution >= 0.6 is 0 Å². The molecule has 1 N–H and O–H groups in total. The maximum absolute atomic E-state index is 12.8. The third-order valence-electron chi connectivity index (χ3n) is 4.85. The maximum Gasteiger partial charge on any atom is 0.416 e. The van der Waals surface area contributed by atoms with Crippen LogP contribution in [0.3, 0.4) is 0 Å². The molecule has 3 aromatic carbocycles. The number of carboxylic acids is 1. The summed E-state index contributed by atoms with van der Waals surface area (Å²) in [7, 11) is 0. The van der Waals surface area contributed by atoms with Crippen molar-refractivity contribution in [3.8, 4) is 28.7 Å². The first-order valence-corrected chi connectivity index (χ1v) is 10.1. The van der Waals surface area contributed by atoms with Gasteiger partial charge in [0.05, 0.1) is 11.1 Å². The highest BCUT2D eigenvalue weighted by Crippen LogP contribution is 2.31. The molecule has 0 aliphatic heterocycles. The number of benzene rings is 3. The van der Waals surface area contributed by atoms with Crippen molar-refractivity contribution < 1.29 is 37.0 Å². The van der Waals surface area contributed by atoms with Gasteiger partial charge < -0.3 is 19.0 Å². The number of alkyl halides is 3. The first-order chi connectivity index (χ1) is 16.2. The Kier molecular flexibility index (Phi) is 6.27. The van der Waals surface area contributed by atoms with E-state index in [1.54, 1.807) is 43.3 Å². The topological polar surface area (TPSA) is 81.8 Å². The second-order valence-corrected chi connectivity index (χ2v) is 7.30. The van der Waals surface area contributed by atoms with E-state index in [0.717, 1.165) is 12.1 Å². The minimum atomic E-state index is -4.42. The Morgan fingerprint density at radius 1 is 0.971 bits per heavy atom. The summed E-state index contributed by atoms with van der Waals surface area (Å²) in [6.07, 6.45) is -4.42. The highest BCUT2D eigenvalue weighted by molar-refractivity contribution is 5.88. The molecule has 4 rings (SSSR count). The Labute approximate surface area is 192 Å². The van der Waals surface area contributed by atoms with Crippen LogP contribution in [-0.4, -0.2) is 16.1 Å². The highest BCUT2D eigenvalue weighted by Gasteiger charge is 2.30. The summed E-state index contributed by atoms with van der Waals surface area (Å²) in [4.78, 5) is 15.5. The monoisotopic (exact) mass is 469 g/mol. The number of ether oxygens (including phenoxy) is 2. The molecule has 0 atom stereocenters. The third-order valence-corrected chi connectivity index (χ3v) is 4.85. The molecule has 6 nitrogen and oxygen atoms in total. The fourth-order valence-corrected chi connectivity index (χ4v) is 3.10. The molecule has 0 saturated heterocycles. The van der Waals surface area contributed by atoms with Crippen LogP contribution in [0.4, 0.5) is 13.2 Å². The lowest BCUT2D eigenvalue weighted by Crippen LogP contribution is -2.04. The van der Waals surface area contributed by atoms with Gasteiger partial charge in [-0.25, -0.2) is 9.78 Å². The second-order valence-electron chi connectivity index (χ2n) is 7.30. The van der Waals surface area contributed by atoms with E-state index in [0.29, 0.717) is 34.3 Å². The minimum absolute atomic E-state index is 0.0634. The second kappa shape index (κ2) is 9.30. The molecule has 0 saturated carbocycles. The van der Waals surface area contributed by atoms with Crippen molar-refractivity contribution in [2.75, 3.05) is 0 Å². The number of carbonyl (C=O) groups is 1. The number of rotatable bonds is 7. The van der Waals surface area contributed by atoms with Gasteiger partial charge in [-0.2, -0.15) is 13.2 Å². The van der Waals surface area contributed by atoms with Gasteiger partial charge in [-0.15, -0.1) is 0 Å². The van der Waals surface area contributed by atoms with E-state index in [2.05, 4.69) is 4.98 Å². The molecule has 174 valence electrons. The van der Waals surface area contributed by atoms with Crippen LogP contribution in [0.25, 0.3) is 11.5 Å². The molecule has 0 fully saturated rings. The van der Waals surface area contributed by atoms with Crippen LogP contribution in [0.1, 0.15) is 27.4 Å². The predicted octanol–water partition coefficient (Wildman–Crippen LogP) is 6.74. The van der Waals surface area contributed by atoms with Gasteiger partial charge >= 0.3 is 12.1 Å². The normalized spacial score (nSPS) is 11.3. The number of oxazole rings is 1. The Balaban J connectivity index is 1.44. The summed E-state index contributed by atoms with van der Waals surface area (Å²) in [6, 6.07) is 17.4. The number of halogens is 3. The lowest BCUT2D eigenvalue weighted by atomic mass is 10.1. The molecule has 0 bridgehead atoms. The molecular weight excluding hydrogens is 451 g/mol. The van der Waals surface area contributed by atoms with Crippen molar-refractivity contribution in [2.24, 2.45) is 0 Å². The van der Waals surface area contributed by atoms with Gasteiger partial charge in [-0.3, -0.25) is 0 Å². The summed E-state index contributed by atoms with van der Waals surface area (Å²) in [5.74, 6) is 0.910. The number of hydrogen-bond donors (Lipinski definition) is 1. The molecule has 0 aliphatic rings. The number of aromatic nitrogens is 1. The molecule has 4 aromatic rings. The van der Waals surface area contributed by atoms with Gasteiger partial charge in [-0.05, 0) is 61.5 Å². The summed E-state index contributed by atoms with van der Waals surface area (Å²) in [5, 5.41) is 9.10. The van der Waals surface area contributed by atoms with Crippen LogP contribution in [0, 0.1) is 6.92 Å². The van der Waals surface area contributed by atoms with Gasteiger partial charge in [0, 0.05) is 11.6 Å². The Morgan fingerprint density at radius 2 is 1.62 bits per heavy atom. The Bertz CT molecular complexity index is 1310. The Morgan fingerprint density at radius 3 is 2.29 bits per heavy atom. The molecule has 0 aliphatic carbocycles. The minimum Gasteiger partial charge on any atom is -0.487 e. The standard InChI is InChI=1S/C25H18F3NO5/c1-15-22(29-23(33-15)16-8-10-18(11-9-16)25(26,27)28)14-32-19-5-3-7-21(13-19)34-20-6-2-4-17(12-20)24(30)31/h2-13H,14H2,1H3,(H,30,31). The lowest BCUT2D eigenvalue weighted by Gasteiger charge is -2.09. The van der Waals surface area contributed by atoms with Crippen LogP contribution in [-0.2, 0) is 12.8 Å². The molecule has 34 heavy (non-hydrogen) atoms. The average Bonchev–Trinajstić information content (AvgIpc) is 3.18. The predicted molar refractivity (Wildman–Crippen MR) is 116 cm³/mol. The molecule has 0 radical (unpaired) electrons. The van der Waals surface area contributed by atoms with Gasteiger partial charge in [-0.1, -0.05) is 12.1 Å². The van der Waals surface area contributed by atoms with Crippen molar-refractivity contribution in [3.05, 3.63) is 95.4 Å². The lowest BCUT2D eigenvalue weighted by molar-refractivity contribution is -0.137. The highest BCUT2D eigenvalue weighted by atomic mass is 19.4. The summed E-state index contributed by atoms with van der Waals surface area (Å²) in [5.41, 5.74) is 0.270. The van der Waals surface area contributed by atoms with Crippen LogP contribution in [0.5, 0.6) is 17.2 Å². The van der Waals surface area contributed by atoms with E-state index in [9.17, 15) is 18.0 Å². The number of aromatic carboxylic acids is 1. The van der Waals surface area contributed by atoms with Gasteiger partial charge in [0.15, 0.2) is 0 Å². The fourth-order valence-electron chi connectivity index (χ4n) is 3.10. The van der Waals surface area contributed by atoms with Crippen LogP contribution in [0.15, 0.2) is 77.2 Å². The molecule has 0 amide bonds. The van der Waals surface area contributed by atoms with E-state index >= 15 is 0 Å². The molecule has 0 unspecified atom stereocenters. The van der Waals surface area contributed by atoms with E-state index in [1.807, 2.05) is 0 Å². The van der Waals surface area contributed by atoms with E-state index < -0.39 is 17.7 Å². The zero-order valence-electron chi connectivity index (χ0n) is 17.8. The largest absolute Gasteiger partial charge is 0.487 e. The summed E-state index contributed by atoms with van der Waals surface area (Å²) < 4.78 is 55.4. The van der Waals surface area contributed by atoms with E-state index in [1.165, 1.54) is 24.3 Å². The first kappa shape index (κ1) is 22.9. The first-order valence-electron chi connectivity index (χ1n) is 10.1. The Hall–Kier alpha value is -4.27. The zero-order valence-corrected chi connectivity index (χ0v) is 17.8. The molecule has 0 spiro atoms. The van der Waals surface area contributed by atoms with Crippen molar-refractivity contribution in [1.29, 1.82) is 0 Å². The zero-order chi connectivity index (χ0) is 24.3. The number of nitrogens with zero attached hydrogens (tertiary/aromatic N) is 1. The number of hydrogen-bond acceptors (Lipinski definition) is 5. The van der Waals surface area contributed by atoms with Gasteiger partial charge in [0.1, 0.15) is 35.3 Å². The summed E-state index contributed by atoms with van der Waals surface area (Å²) in [6.45, 7) is 1.75. The van der Waals surface area contributed by atoms with E-state index in [-0.39, 0.29) is 18.1 Å². The van der Waals surface area contributed by atoms with Gasteiger partial charge in [0.2, 0.25) is 5.89 Å². The van der Waals surface area contributed by atoms with Gasteiger partial charge in [0.25, 0.3) is 0 Å². The molecule has 9 heteroatoms. The van der Waals surface area contributed by atoms with E-state index in [4.69, 9.17) is 19.0 Å². The van der Waals surface area contributed by atoms with Crippen molar-refractivity contribution in [3.63, 3.8) is 0 Å². The smallest absolute Gasteiger partial charge is 0.416 e. The SMILES string of the molecule is Cc1oc(-c2ccc(C(F)(F)F)cc2)nc1COc1cccc(Oc2cccc(C(=O)O)c2)c1.